The summed E-state index contributed by atoms with van der Waals surface area (Å²) in [4.78, 5) is 33.9. The Morgan fingerprint density at radius 1 is 1.03 bits per heavy atom. The number of hydrogen-bond acceptors (Lipinski definition) is 7. The molecule has 1 aliphatic heterocycles. The van der Waals surface area contributed by atoms with Gasteiger partial charge >= 0.3 is 6.09 Å². The molecule has 1 saturated heterocycles. The fraction of sp³-hybridized carbons (Fsp3) is 0.381. The first kappa shape index (κ1) is 20.3. The lowest BCUT2D eigenvalue weighted by Crippen LogP contribution is -2.50. The zero-order valence-corrected chi connectivity index (χ0v) is 17.9. The van der Waals surface area contributed by atoms with Crippen LogP contribution in [0.15, 0.2) is 36.9 Å². The van der Waals surface area contributed by atoms with Gasteiger partial charge in [0.25, 0.3) is 0 Å². The second-order valence-corrected chi connectivity index (χ2v) is 8.48. The van der Waals surface area contributed by atoms with Gasteiger partial charge in [0.1, 0.15) is 11.4 Å². The minimum atomic E-state index is -0.517. The maximum absolute atomic E-state index is 12.4. The molecule has 3 aromatic heterocycles. The molecule has 156 valence electrons. The van der Waals surface area contributed by atoms with Gasteiger partial charge in [-0.25, -0.2) is 14.8 Å². The number of piperazine rings is 1. The first-order valence-electron chi connectivity index (χ1n) is 9.76. The standard InChI is InChI=1S/C21H23ClN6O2/c1-21(2,3)30-20(29)28-10-8-27(9-11-28)19-17-15(22)12-24-13-16(17)25-18(26-19)14-4-6-23-7-5-14/h4-7,12-13H,8-11H2,1-3H3. The van der Waals surface area contributed by atoms with E-state index in [2.05, 4.69) is 19.9 Å². The predicted molar refractivity (Wildman–Crippen MR) is 116 cm³/mol. The fourth-order valence-corrected chi connectivity index (χ4v) is 3.55. The van der Waals surface area contributed by atoms with Gasteiger partial charge in [0.2, 0.25) is 0 Å². The molecule has 0 spiro atoms. The Kier molecular flexibility index (Phi) is 5.42. The van der Waals surface area contributed by atoms with Gasteiger partial charge < -0.3 is 14.5 Å². The molecule has 9 heteroatoms. The second-order valence-electron chi connectivity index (χ2n) is 8.08. The van der Waals surface area contributed by atoms with Crippen molar-refractivity contribution in [3.8, 4) is 11.4 Å². The van der Waals surface area contributed by atoms with E-state index in [-0.39, 0.29) is 6.09 Å². The minimum Gasteiger partial charge on any atom is -0.444 e. The lowest BCUT2D eigenvalue weighted by molar-refractivity contribution is 0.0240. The van der Waals surface area contributed by atoms with Gasteiger partial charge in [-0.1, -0.05) is 11.6 Å². The van der Waals surface area contributed by atoms with Crippen molar-refractivity contribution >= 4 is 34.4 Å². The van der Waals surface area contributed by atoms with Crippen LogP contribution < -0.4 is 4.90 Å². The zero-order chi connectivity index (χ0) is 21.3. The van der Waals surface area contributed by atoms with Crippen LogP contribution in [-0.4, -0.2) is 62.7 Å². The Morgan fingerprint density at radius 2 is 1.73 bits per heavy atom. The van der Waals surface area contributed by atoms with Crippen molar-refractivity contribution in [1.29, 1.82) is 0 Å². The molecule has 0 aromatic carbocycles. The number of hydrogen-bond donors (Lipinski definition) is 0. The van der Waals surface area contributed by atoms with Crippen LogP contribution >= 0.6 is 11.6 Å². The maximum Gasteiger partial charge on any atom is 0.410 e. The summed E-state index contributed by atoms with van der Waals surface area (Å²) in [5.74, 6) is 1.32. The molecule has 8 nitrogen and oxygen atoms in total. The number of ether oxygens (including phenoxy) is 1. The van der Waals surface area contributed by atoms with Gasteiger partial charge in [-0.15, -0.1) is 0 Å². The third kappa shape index (κ3) is 4.28. The molecule has 0 bridgehead atoms. The molecule has 0 atom stereocenters. The van der Waals surface area contributed by atoms with Gasteiger partial charge in [0, 0.05) is 50.3 Å². The third-order valence-corrected chi connectivity index (χ3v) is 5.00. The van der Waals surface area contributed by atoms with Crippen molar-refractivity contribution in [1.82, 2.24) is 24.8 Å². The van der Waals surface area contributed by atoms with E-state index in [0.29, 0.717) is 42.5 Å². The molecule has 1 fully saturated rings. The molecule has 0 unspecified atom stereocenters. The summed E-state index contributed by atoms with van der Waals surface area (Å²) in [6, 6.07) is 3.73. The zero-order valence-electron chi connectivity index (χ0n) is 17.2. The average Bonchev–Trinajstić information content (AvgIpc) is 2.73. The van der Waals surface area contributed by atoms with Crippen molar-refractivity contribution < 1.29 is 9.53 Å². The molecule has 1 aliphatic rings. The highest BCUT2D eigenvalue weighted by atomic mass is 35.5. The molecule has 0 aliphatic carbocycles. The number of pyridine rings is 2. The van der Waals surface area contributed by atoms with Crippen LogP contribution in [0, 0.1) is 0 Å². The van der Waals surface area contributed by atoms with E-state index in [1.165, 1.54) is 0 Å². The Balaban J connectivity index is 1.65. The fourth-order valence-electron chi connectivity index (χ4n) is 3.31. The number of rotatable bonds is 2. The molecule has 4 rings (SSSR count). The van der Waals surface area contributed by atoms with Crippen molar-refractivity contribution in [2.24, 2.45) is 0 Å². The minimum absolute atomic E-state index is 0.297. The molecule has 0 saturated carbocycles. The molecule has 0 N–H and O–H groups in total. The van der Waals surface area contributed by atoms with Crippen LogP contribution in [0.4, 0.5) is 10.6 Å². The summed E-state index contributed by atoms with van der Waals surface area (Å²) in [6.45, 7) is 7.89. The SMILES string of the molecule is CC(C)(C)OC(=O)N1CCN(c2nc(-c3ccncc3)nc3cncc(Cl)c23)CC1. The second kappa shape index (κ2) is 8.02. The Morgan fingerprint density at radius 3 is 2.40 bits per heavy atom. The number of anilines is 1. The normalized spacial score (nSPS) is 14.8. The van der Waals surface area contributed by atoms with Crippen molar-refractivity contribution in [2.45, 2.75) is 26.4 Å². The van der Waals surface area contributed by atoms with Crippen LogP contribution in [0.25, 0.3) is 22.3 Å². The van der Waals surface area contributed by atoms with Gasteiger partial charge in [-0.05, 0) is 32.9 Å². The van der Waals surface area contributed by atoms with Crippen LogP contribution in [-0.2, 0) is 4.74 Å². The number of carbonyl (C=O) groups is 1. The van der Waals surface area contributed by atoms with E-state index in [1.54, 1.807) is 29.7 Å². The Bertz CT molecular complexity index is 1060. The van der Waals surface area contributed by atoms with Gasteiger partial charge in [0.15, 0.2) is 5.82 Å². The van der Waals surface area contributed by atoms with E-state index in [1.807, 2.05) is 32.9 Å². The topological polar surface area (TPSA) is 84.3 Å². The summed E-state index contributed by atoms with van der Waals surface area (Å²) in [7, 11) is 0. The van der Waals surface area contributed by atoms with Gasteiger partial charge in [-0.3, -0.25) is 9.97 Å². The van der Waals surface area contributed by atoms with Crippen LogP contribution in [0.5, 0.6) is 0 Å². The van der Waals surface area contributed by atoms with Gasteiger partial charge in [-0.2, -0.15) is 0 Å². The lowest BCUT2D eigenvalue weighted by Gasteiger charge is -2.36. The van der Waals surface area contributed by atoms with Crippen molar-refractivity contribution in [3.63, 3.8) is 0 Å². The van der Waals surface area contributed by atoms with Crippen LogP contribution in [0.2, 0.25) is 5.02 Å². The summed E-state index contributed by atoms with van der Waals surface area (Å²) >= 11 is 6.47. The molecule has 1 amide bonds. The molecule has 30 heavy (non-hydrogen) atoms. The molecule has 0 radical (unpaired) electrons. The Hall–Kier alpha value is -3.00. The van der Waals surface area contributed by atoms with E-state index >= 15 is 0 Å². The van der Waals surface area contributed by atoms with Crippen molar-refractivity contribution in [3.05, 3.63) is 41.9 Å². The highest BCUT2D eigenvalue weighted by molar-refractivity contribution is 6.36. The summed E-state index contributed by atoms with van der Waals surface area (Å²) in [5, 5.41) is 1.26. The molecule has 4 heterocycles. The van der Waals surface area contributed by atoms with E-state index in [4.69, 9.17) is 21.3 Å². The molecular weight excluding hydrogens is 404 g/mol. The summed E-state index contributed by atoms with van der Waals surface area (Å²) in [6.07, 6.45) is 6.40. The van der Waals surface area contributed by atoms with E-state index in [0.717, 1.165) is 16.8 Å². The number of amides is 1. The number of fused-ring (bicyclic) bond motifs is 1. The third-order valence-electron chi connectivity index (χ3n) is 4.71. The first-order valence-corrected chi connectivity index (χ1v) is 10.1. The molecule has 3 aromatic rings. The maximum atomic E-state index is 12.4. The average molecular weight is 427 g/mol. The van der Waals surface area contributed by atoms with Crippen LogP contribution in [0.3, 0.4) is 0 Å². The lowest BCUT2D eigenvalue weighted by atomic mass is 10.2. The summed E-state index contributed by atoms with van der Waals surface area (Å²) < 4.78 is 5.49. The largest absolute Gasteiger partial charge is 0.444 e. The molecular formula is C21H23ClN6O2. The predicted octanol–water partition coefficient (Wildman–Crippen LogP) is 3.80. The number of aromatic nitrogens is 4. The highest BCUT2D eigenvalue weighted by Crippen LogP contribution is 2.32. The number of carbonyl (C=O) groups excluding carboxylic acids is 1. The van der Waals surface area contributed by atoms with Crippen molar-refractivity contribution in [2.75, 3.05) is 31.1 Å². The smallest absolute Gasteiger partial charge is 0.410 e. The monoisotopic (exact) mass is 426 g/mol. The number of halogens is 1. The first-order chi connectivity index (χ1) is 14.3. The van der Waals surface area contributed by atoms with E-state index in [9.17, 15) is 4.79 Å². The Labute approximate surface area is 179 Å². The van der Waals surface area contributed by atoms with Gasteiger partial charge in [0.05, 0.1) is 22.1 Å². The summed E-state index contributed by atoms with van der Waals surface area (Å²) in [5.41, 5.74) is 1.02. The quantitative estimate of drug-likeness (QED) is 0.616. The highest BCUT2D eigenvalue weighted by Gasteiger charge is 2.28. The number of nitrogens with zero attached hydrogens (tertiary/aromatic N) is 6. The van der Waals surface area contributed by atoms with Crippen LogP contribution in [0.1, 0.15) is 20.8 Å². The van der Waals surface area contributed by atoms with E-state index < -0.39 is 5.60 Å².